The van der Waals surface area contributed by atoms with Crippen LogP contribution in [-0.4, -0.2) is 23.0 Å². The summed E-state index contributed by atoms with van der Waals surface area (Å²) in [6, 6.07) is 8.37. The van der Waals surface area contributed by atoms with E-state index in [4.69, 9.17) is 32.7 Å². The minimum atomic E-state index is -0.288. The van der Waals surface area contributed by atoms with Crippen LogP contribution in [0.15, 0.2) is 42.2 Å². The van der Waals surface area contributed by atoms with E-state index < -0.39 is 0 Å². The molecular weight excluding hydrogens is 699 g/mol. The highest BCUT2D eigenvalue weighted by molar-refractivity contribution is 9.11. The molecule has 0 aliphatic carbocycles. The van der Waals surface area contributed by atoms with Gasteiger partial charge in [0.2, 0.25) is 0 Å². The van der Waals surface area contributed by atoms with Crippen LogP contribution in [0.5, 0.6) is 11.5 Å². The molecule has 2 nitrogen and oxygen atoms in total. The minimum absolute atomic E-state index is 0.102. The van der Waals surface area contributed by atoms with Crippen LogP contribution in [-0.2, 0) is 5.41 Å². The van der Waals surface area contributed by atoms with Crippen LogP contribution in [0.1, 0.15) is 52.7 Å². The molecule has 0 heterocycles. The Morgan fingerprint density at radius 2 is 0.903 bits per heavy atom. The molecule has 4 unspecified atom stereocenters. The van der Waals surface area contributed by atoms with Crippen molar-refractivity contribution in [3.05, 3.63) is 53.3 Å². The molecule has 0 N–H and O–H groups in total. The van der Waals surface area contributed by atoms with Gasteiger partial charge in [-0.15, -0.1) is 23.2 Å². The van der Waals surface area contributed by atoms with Crippen molar-refractivity contribution in [1.82, 2.24) is 0 Å². The second-order valence-electron chi connectivity index (χ2n) is 8.16. The molecular formula is C23H26Br4Cl2O2. The molecule has 31 heavy (non-hydrogen) atoms. The summed E-state index contributed by atoms with van der Waals surface area (Å²) in [7, 11) is 0. The molecule has 0 aliphatic heterocycles. The van der Waals surface area contributed by atoms with E-state index in [1.165, 1.54) is 0 Å². The molecule has 0 radical (unpaired) electrons. The Hall–Kier alpha value is 0.540. The second kappa shape index (κ2) is 11.3. The van der Waals surface area contributed by atoms with E-state index in [2.05, 4.69) is 102 Å². The Kier molecular flexibility index (Phi) is 10.1. The van der Waals surface area contributed by atoms with Gasteiger partial charge < -0.3 is 9.47 Å². The van der Waals surface area contributed by atoms with Crippen LogP contribution < -0.4 is 9.47 Å². The summed E-state index contributed by atoms with van der Waals surface area (Å²) in [6.45, 7) is 12.1. The van der Waals surface area contributed by atoms with Gasteiger partial charge in [-0.1, -0.05) is 13.8 Å². The zero-order valence-corrected chi connectivity index (χ0v) is 26.1. The molecule has 0 aliphatic rings. The van der Waals surface area contributed by atoms with E-state index in [1.54, 1.807) is 0 Å². The molecule has 2 rings (SSSR count). The standard InChI is InChI=1S/C23H26Br4Cl2O2/c1-11(28)13(3)30-21-17(24)7-15(8-18(21)25)23(5,6)16-9-19(26)22(20(27)10-16)31-14(4)12(2)29/h7-14H,1-6H3. The summed E-state index contributed by atoms with van der Waals surface area (Å²) in [5.74, 6) is 1.49. The quantitative estimate of drug-likeness (QED) is 0.253. The maximum Gasteiger partial charge on any atom is 0.148 e. The molecule has 172 valence electrons. The van der Waals surface area contributed by atoms with Gasteiger partial charge in [0.15, 0.2) is 0 Å². The average Bonchev–Trinajstić information content (AvgIpc) is 2.66. The fourth-order valence-corrected chi connectivity index (χ4v) is 5.64. The monoisotopic (exact) mass is 720 g/mol. The Morgan fingerprint density at radius 1 is 0.645 bits per heavy atom. The van der Waals surface area contributed by atoms with Crippen LogP contribution in [0.2, 0.25) is 0 Å². The lowest BCUT2D eigenvalue weighted by Gasteiger charge is -2.29. The zero-order valence-electron chi connectivity index (χ0n) is 18.2. The van der Waals surface area contributed by atoms with Crippen molar-refractivity contribution in [1.29, 1.82) is 0 Å². The molecule has 2 aromatic rings. The summed E-state index contributed by atoms with van der Waals surface area (Å²) in [6.07, 6.45) is -0.239. The first-order chi connectivity index (χ1) is 14.2. The van der Waals surface area contributed by atoms with Gasteiger partial charge >= 0.3 is 0 Å². The van der Waals surface area contributed by atoms with Crippen molar-refractivity contribution < 1.29 is 9.47 Å². The first kappa shape index (κ1) is 27.8. The van der Waals surface area contributed by atoms with Crippen molar-refractivity contribution in [2.45, 2.75) is 69.9 Å². The van der Waals surface area contributed by atoms with Crippen molar-refractivity contribution in [2.75, 3.05) is 0 Å². The lowest BCUT2D eigenvalue weighted by molar-refractivity contribution is 0.218. The highest BCUT2D eigenvalue weighted by atomic mass is 79.9. The lowest BCUT2D eigenvalue weighted by Crippen LogP contribution is -2.23. The van der Waals surface area contributed by atoms with Crippen LogP contribution in [0.4, 0.5) is 0 Å². The zero-order chi connectivity index (χ0) is 23.7. The van der Waals surface area contributed by atoms with E-state index in [-0.39, 0.29) is 28.4 Å². The first-order valence-corrected chi connectivity index (χ1v) is 13.9. The molecule has 0 saturated heterocycles. The summed E-state index contributed by atoms with van der Waals surface area (Å²) >= 11 is 27.0. The van der Waals surface area contributed by atoms with Crippen molar-refractivity contribution in [2.24, 2.45) is 0 Å². The molecule has 0 spiro atoms. The van der Waals surface area contributed by atoms with Crippen LogP contribution in [0, 0.1) is 0 Å². The molecule has 0 aromatic heterocycles. The number of rotatable bonds is 8. The van der Waals surface area contributed by atoms with E-state index in [1.807, 2.05) is 27.7 Å². The number of alkyl halides is 2. The van der Waals surface area contributed by atoms with Crippen LogP contribution >= 0.6 is 86.9 Å². The molecule has 0 saturated carbocycles. The molecule has 4 atom stereocenters. The predicted molar refractivity (Wildman–Crippen MR) is 147 cm³/mol. The third kappa shape index (κ3) is 6.79. The molecule has 8 heteroatoms. The fourth-order valence-electron chi connectivity index (χ4n) is 2.79. The van der Waals surface area contributed by atoms with Crippen LogP contribution in [0.25, 0.3) is 0 Å². The number of hydrogen-bond donors (Lipinski definition) is 0. The maximum atomic E-state index is 6.18. The first-order valence-electron chi connectivity index (χ1n) is 9.86. The molecule has 0 fully saturated rings. The Labute approximate surface area is 229 Å². The summed E-state index contributed by atoms with van der Waals surface area (Å²) in [4.78, 5) is 0. The minimum Gasteiger partial charge on any atom is -0.487 e. The number of halogens is 6. The van der Waals surface area contributed by atoms with Gasteiger partial charge in [-0.3, -0.25) is 0 Å². The van der Waals surface area contributed by atoms with E-state index in [0.29, 0.717) is 0 Å². The third-order valence-electron chi connectivity index (χ3n) is 5.34. The van der Waals surface area contributed by atoms with Crippen molar-refractivity contribution in [3.63, 3.8) is 0 Å². The van der Waals surface area contributed by atoms with Gasteiger partial charge in [-0.05, 0) is 127 Å². The van der Waals surface area contributed by atoms with E-state index in [9.17, 15) is 0 Å². The normalized spacial score (nSPS) is 15.9. The predicted octanol–water partition coefficient (Wildman–Crippen LogP) is 9.85. The van der Waals surface area contributed by atoms with Gasteiger partial charge in [0.1, 0.15) is 23.7 Å². The van der Waals surface area contributed by atoms with Gasteiger partial charge in [0.25, 0.3) is 0 Å². The summed E-state index contributed by atoms with van der Waals surface area (Å²) < 4.78 is 15.6. The van der Waals surface area contributed by atoms with E-state index >= 15 is 0 Å². The third-order valence-corrected chi connectivity index (χ3v) is 8.41. The van der Waals surface area contributed by atoms with E-state index in [0.717, 1.165) is 40.5 Å². The highest BCUT2D eigenvalue weighted by Gasteiger charge is 2.28. The summed E-state index contributed by atoms with van der Waals surface area (Å²) in [5.41, 5.74) is 1.96. The smallest absolute Gasteiger partial charge is 0.148 e. The van der Waals surface area contributed by atoms with Gasteiger partial charge in [0.05, 0.1) is 28.6 Å². The average molecular weight is 725 g/mol. The number of hydrogen-bond acceptors (Lipinski definition) is 2. The number of ether oxygens (including phenoxy) is 2. The van der Waals surface area contributed by atoms with Crippen molar-refractivity contribution >= 4 is 86.9 Å². The Bertz CT molecular complexity index is 812. The largest absolute Gasteiger partial charge is 0.487 e. The van der Waals surface area contributed by atoms with Gasteiger partial charge in [0, 0.05) is 5.41 Å². The van der Waals surface area contributed by atoms with Gasteiger partial charge in [-0.25, -0.2) is 0 Å². The SMILES string of the molecule is CC(Cl)C(C)Oc1c(Br)cc(C(C)(C)c2cc(Br)c(OC(C)C(C)Cl)c(Br)c2)cc1Br. The molecule has 0 amide bonds. The maximum absolute atomic E-state index is 6.18. The Balaban J connectivity index is 2.43. The second-order valence-corrected chi connectivity index (χ2v) is 13.0. The van der Waals surface area contributed by atoms with Gasteiger partial charge in [-0.2, -0.15) is 0 Å². The van der Waals surface area contributed by atoms with Crippen molar-refractivity contribution in [3.8, 4) is 11.5 Å². The lowest BCUT2D eigenvalue weighted by atomic mass is 9.78. The topological polar surface area (TPSA) is 18.5 Å². The Morgan fingerprint density at radius 3 is 1.13 bits per heavy atom. The fraction of sp³-hybridized carbons (Fsp3) is 0.478. The summed E-state index contributed by atoms with van der Waals surface area (Å²) in [5, 5.41) is -0.204. The van der Waals surface area contributed by atoms with Crippen LogP contribution in [0.3, 0.4) is 0 Å². The highest BCUT2D eigenvalue weighted by Crippen LogP contribution is 2.44. The molecule has 0 bridgehead atoms. The number of benzene rings is 2. The molecule has 2 aromatic carbocycles.